The van der Waals surface area contributed by atoms with E-state index in [1.54, 1.807) is 0 Å². The van der Waals surface area contributed by atoms with Crippen LogP contribution in [-0.2, 0) is 9.53 Å². The Bertz CT molecular complexity index is 166. The van der Waals surface area contributed by atoms with Crippen LogP contribution in [0, 0.1) is 11.8 Å². The normalized spacial score (nSPS) is 14.7. The lowest BCUT2D eigenvalue weighted by Crippen LogP contribution is -2.12. The van der Waals surface area contributed by atoms with Gasteiger partial charge in [-0.1, -0.05) is 52.9 Å². The number of methoxy groups -OCH3 is 1. The van der Waals surface area contributed by atoms with E-state index in [2.05, 4.69) is 18.6 Å². The average Bonchev–Trinajstić information content (AvgIpc) is 2.26. The van der Waals surface area contributed by atoms with E-state index in [0.29, 0.717) is 0 Å². The summed E-state index contributed by atoms with van der Waals surface area (Å²) in [5.41, 5.74) is 0. The number of carbonyl (C=O) groups excluding carboxylic acids is 1. The zero-order valence-electron chi connectivity index (χ0n) is 10.7. The maximum absolute atomic E-state index is 11.1. The number of hydrogen-bond acceptors (Lipinski definition) is 2. The van der Waals surface area contributed by atoms with Crippen LogP contribution in [0.1, 0.15) is 59.3 Å². The Balaban J connectivity index is 3.34. The van der Waals surface area contributed by atoms with Gasteiger partial charge < -0.3 is 4.74 Å². The maximum Gasteiger partial charge on any atom is 0.308 e. The molecule has 2 heteroatoms. The molecule has 0 rings (SSSR count). The van der Waals surface area contributed by atoms with E-state index in [0.717, 1.165) is 18.8 Å². The first-order valence-electron chi connectivity index (χ1n) is 6.19. The highest BCUT2D eigenvalue weighted by molar-refractivity contribution is 5.71. The number of rotatable bonds is 8. The molecule has 2 nitrogen and oxygen atoms in total. The van der Waals surface area contributed by atoms with E-state index in [9.17, 15) is 4.79 Å². The van der Waals surface area contributed by atoms with Gasteiger partial charge in [-0.15, -0.1) is 0 Å². The van der Waals surface area contributed by atoms with Crippen molar-refractivity contribution in [3.05, 3.63) is 0 Å². The maximum atomic E-state index is 11.1. The van der Waals surface area contributed by atoms with Gasteiger partial charge >= 0.3 is 5.97 Å². The molecule has 0 bridgehead atoms. The summed E-state index contributed by atoms with van der Waals surface area (Å²) in [6.45, 7) is 6.49. The van der Waals surface area contributed by atoms with E-state index in [-0.39, 0.29) is 11.9 Å². The predicted molar refractivity (Wildman–Crippen MR) is 63.7 cm³/mol. The molecule has 0 aromatic heterocycles. The minimum atomic E-state index is -0.0723. The Hall–Kier alpha value is -0.530. The van der Waals surface area contributed by atoms with Crippen LogP contribution in [0.5, 0.6) is 0 Å². The van der Waals surface area contributed by atoms with Crippen LogP contribution in [0.15, 0.2) is 0 Å². The summed E-state index contributed by atoms with van der Waals surface area (Å²) in [6.07, 6.45) is 7.25. The van der Waals surface area contributed by atoms with Crippen LogP contribution >= 0.6 is 0 Å². The second kappa shape index (κ2) is 8.75. The van der Waals surface area contributed by atoms with Crippen molar-refractivity contribution in [3.8, 4) is 0 Å². The second-order valence-corrected chi connectivity index (χ2v) is 4.58. The molecule has 0 aromatic carbocycles. The van der Waals surface area contributed by atoms with Gasteiger partial charge in [-0.2, -0.15) is 0 Å². The first kappa shape index (κ1) is 14.5. The lowest BCUT2D eigenvalue weighted by atomic mass is 9.98. The van der Waals surface area contributed by atoms with Crippen LogP contribution in [0.25, 0.3) is 0 Å². The van der Waals surface area contributed by atoms with Crippen molar-refractivity contribution >= 4 is 5.97 Å². The van der Waals surface area contributed by atoms with Gasteiger partial charge in [0.15, 0.2) is 0 Å². The van der Waals surface area contributed by atoms with E-state index in [1.807, 2.05) is 6.92 Å². The SMILES string of the molecule is CC[C@H](C)CCCCC[C@@H](C)C(=O)OC. The van der Waals surface area contributed by atoms with Crippen LogP contribution in [0.3, 0.4) is 0 Å². The third-order valence-electron chi connectivity index (χ3n) is 3.13. The zero-order valence-corrected chi connectivity index (χ0v) is 10.7. The smallest absolute Gasteiger partial charge is 0.308 e. The summed E-state index contributed by atoms with van der Waals surface area (Å²) in [5, 5.41) is 0. The fourth-order valence-corrected chi connectivity index (χ4v) is 1.64. The predicted octanol–water partition coefficient (Wildman–Crippen LogP) is 3.79. The average molecular weight is 214 g/mol. The van der Waals surface area contributed by atoms with Gasteiger partial charge in [-0.05, 0) is 12.3 Å². The molecule has 0 amide bonds. The molecule has 0 aliphatic rings. The fourth-order valence-electron chi connectivity index (χ4n) is 1.64. The molecule has 0 spiro atoms. The standard InChI is InChI=1S/C13H26O2/c1-5-11(2)9-7-6-8-10-12(3)13(14)15-4/h11-12H,5-10H2,1-4H3/t11-,12+/m0/s1. The number of ether oxygens (including phenoxy) is 1. The second-order valence-electron chi connectivity index (χ2n) is 4.58. The molecule has 15 heavy (non-hydrogen) atoms. The summed E-state index contributed by atoms with van der Waals surface area (Å²) >= 11 is 0. The van der Waals surface area contributed by atoms with Crippen molar-refractivity contribution in [1.82, 2.24) is 0 Å². The summed E-state index contributed by atoms with van der Waals surface area (Å²) < 4.78 is 4.69. The van der Waals surface area contributed by atoms with Crippen LogP contribution < -0.4 is 0 Å². The van der Waals surface area contributed by atoms with Gasteiger partial charge in [-0.25, -0.2) is 0 Å². The third-order valence-corrected chi connectivity index (χ3v) is 3.13. The molecule has 0 fully saturated rings. The Morgan fingerprint density at radius 3 is 2.27 bits per heavy atom. The van der Waals surface area contributed by atoms with Gasteiger partial charge in [-0.3, -0.25) is 4.79 Å². The van der Waals surface area contributed by atoms with Crippen molar-refractivity contribution in [1.29, 1.82) is 0 Å². The van der Waals surface area contributed by atoms with E-state index in [4.69, 9.17) is 0 Å². The van der Waals surface area contributed by atoms with Crippen molar-refractivity contribution in [2.24, 2.45) is 11.8 Å². The van der Waals surface area contributed by atoms with Crippen LogP contribution in [0.2, 0.25) is 0 Å². The molecule has 2 atom stereocenters. The van der Waals surface area contributed by atoms with Crippen molar-refractivity contribution < 1.29 is 9.53 Å². The van der Waals surface area contributed by atoms with Crippen molar-refractivity contribution in [3.63, 3.8) is 0 Å². The molecule has 0 aromatic rings. The fraction of sp³-hybridized carbons (Fsp3) is 0.923. The van der Waals surface area contributed by atoms with E-state index < -0.39 is 0 Å². The summed E-state index contributed by atoms with van der Waals surface area (Å²) in [6, 6.07) is 0. The van der Waals surface area contributed by atoms with Gasteiger partial charge in [0.05, 0.1) is 13.0 Å². The highest BCUT2D eigenvalue weighted by Gasteiger charge is 2.11. The highest BCUT2D eigenvalue weighted by atomic mass is 16.5. The number of carbonyl (C=O) groups is 1. The highest BCUT2D eigenvalue weighted by Crippen LogP contribution is 2.15. The lowest BCUT2D eigenvalue weighted by molar-refractivity contribution is -0.145. The van der Waals surface area contributed by atoms with Gasteiger partial charge in [0.1, 0.15) is 0 Å². The minimum absolute atomic E-state index is 0.0681. The summed E-state index contributed by atoms with van der Waals surface area (Å²) in [4.78, 5) is 11.1. The Morgan fingerprint density at radius 2 is 1.73 bits per heavy atom. The van der Waals surface area contributed by atoms with Crippen molar-refractivity contribution in [2.75, 3.05) is 7.11 Å². The number of esters is 1. The molecule has 0 saturated carbocycles. The molecular formula is C13H26O2. The Kier molecular flexibility index (Phi) is 8.44. The van der Waals surface area contributed by atoms with Crippen LogP contribution in [0.4, 0.5) is 0 Å². The largest absolute Gasteiger partial charge is 0.469 e. The van der Waals surface area contributed by atoms with Crippen molar-refractivity contribution in [2.45, 2.75) is 59.3 Å². The van der Waals surface area contributed by atoms with E-state index >= 15 is 0 Å². The number of hydrogen-bond donors (Lipinski definition) is 0. The number of unbranched alkanes of at least 4 members (excludes halogenated alkanes) is 2. The topological polar surface area (TPSA) is 26.3 Å². The monoisotopic (exact) mass is 214 g/mol. The molecule has 0 radical (unpaired) electrons. The third kappa shape index (κ3) is 7.40. The molecule has 0 saturated heterocycles. The molecule has 0 heterocycles. The van der Waals surface area contributed by atoms with E-state index in [1.165, 1.54) is 32.8 Å². The van der Waals surface area contributed by atoms with Gasteiger partial charge in [0, 0.05) is 0 Å². The molecular weight excluding hydrogens is 188 g/mol. The van der Waals surface area contributed by atoms with Gasteiger partial charge in [0.25, 0.3) is 0 Å². The quantitative estimate of drug-likeness (QED) is 0.454. The molecule has 90 valence electrons. The first-order valence-corrected chi connectivity index (χ1v) is 6.19. The van der Waals surface area contributed by atoms with Crippen LogP contribution in [-0.4, -0.2) is 13.1 Å². The Labute approximate surface area is 94.4 Å². The zero-order chi connectivity index (χ0) is 11.7. The molecule has 0 aliphatic heterocycles. The summed E-state index contributed by atoms with van der Waals surface area (Å²) in [5.74, 6) is 0.846. The lowest BCUT2D eigenvalue weighted by Gasteiger charge is -2.10. The van der Waals surface area contributed by atoms with Gasteiger partial charge in [0.2, 0.25) is 0 Å². The minimum Gasteiger partial charge on any atom is -0.469 e. The Morgan fingerprint density at radius 1 is 1.13 bits per heavy atom. The molecule has 0 N–H and O–H groups in total. The summed E-state index contributed by atoms with van der Waals surface area (Å²) in [7, 11) is 1.46. The molecule has 0 aliphatic carbocycles. The molecule has 0 unspecified atom stereocenters. The first-order chi connectivity index (χ1) is 7.11.